The summed E-state index contributed by atoms with van der Waals surface area (Å²) in [6, 6.07) is 0. The average Bonchev–Trinajstić information content (AvgIpc) is 2.75. The first-order valence-corrected chi connectivity index (χ1v) is 6.97. The predicted molar refractivity (Wildman–Crippen MR) is 54.9 cm³/mol. The maximum absolute atomic E-state index is 12.2. The Hall–Kier alpha value is -1.32. The van der Waals surface area contributed by atoms with Gasteiger partial charge in [-0.2, -0.15) is 13.2 Å². The second kappa shape index (κ2) is 4.09. The summed E-state index contributed by atoms with van der Waals surface area (Å²) in [4.78, 5) is 22.2. The van der Waals surface area contributed by atoms with Gasteiger partial charge in [-0.1, -0.05) is 0 Å². The van der Waals surface area contributed by atoms with Crippen LogP contribution in [0.4, 0.5) is 13.2 Å². The molecule has 0 aliphatic carbocycles. The minimum absolute atomic E-state index is 0.246. The number of fused-ring (bicyclic) bond motifs is 1. The number of alkyl halides is 3. The maximum atomic E-state index is 12.2. The fraction of sp³-hybridized carbons (Fsp3) is 0.778. The molecule has 2 saturated heterocycles. The number of carboxylic acid groups (broad SMARTS) is 1. The van der Waals surface area contributed by atoms with Gasteiger partial charge in [-0.15, -0.1) is 0 Å². The number of aliphatic carboxylic acids is 1. The highest BCUT2D eigenvalue weighted by molar-refractivity contribution is 7.93. The molecule has 0 aromatic carbocycles. The molecule has 0 aromatic rings. The number of carboxylic acids is 1. The van der Waals surface area contributed by atoms with E-state index in [0.29, 0.717) is 4.90 Å². The summed E-state index contributed by atoms with van der Waals surface area (Å²) < 4.78 is 60.4. The van der Waals surface area contributed by atoms with Crippen molar-refractivity contribution < 1.29 is 36.3 Å². The van der Waals surface area contributed by atoms with E-state index in [-0.39, 0.29) is 13.0 Å². The molecule has 2 aliphatic heterocycles. The zero-order chi connectivity index (χ0) is 14.6. The van der Waals surface area contributed by atoms with Gasteiger partial charge < -0.3 is 10.0 Å². The highest BCUT2D eigenvalue weighted by Crippen LogP contribution is 2.39. The Morgan fingerprint density at radius 3 is 2.21 bits per heavy atom. The van der Waals surface area contributed by atoms with Crippen LogP contribution in [0.2, 0.25) is 0 Å². The topological polar surface area (TPSA) is 91.8 Å². The van der Waals surface area contributed by atoms with Crippen molar-refractivity contribution in [2.24, 2.45) is 5.92 Å². The van der Waals surface area contributed by atoms with Crippen LogP contribution in [0.15, 0.2) is 0 Å². The highest BCUT2D eigenvalue weighted by Gasteiger charge is 2.57. The van der Waals surface area contributed by atoms with Crippen LogP contribution >= 0.6 is 0 Å². The number of halogens is 3. The first-order valence-electron chi connectivity index (χ1n) is 5.36. The minimum Gasteiger partial charge on any atom is -0.480 e. The van der Waals surface area contributed by atoms with Crippen molar-refractivity contribution in [1.82, 2.24) is 4.90 Å². The van der Waals surface area contributed by atoms with Crippen molar-refractivity contribution in [3.05, 3.63) is 0 Å². The van der Waals surface area contributed by atoms with Crippen LogP contribution in [-0.4, -0.2) is 60.1 Å². The van der Waals surface area contributed by atoms with E-state index in [2.05, 4.69) is 0 Å². The van der Waals surface area contributed by atoms with Crippen LogP contribution in [0, 0.1) is 5.92 Å². The lowest BCUT2D eigenvalue weighted by Crippen LogP contribution is -2.42. The molecule has 1 N–H and O–H groups in total. The predicted octanol–water partition coefficient (Wildman–Crippen LogP) is -0.353. The molecule has 0 radical (unpaired) electrons. The van der Waals surface area contributed by atoms with Gasteiger partial charge in [0.2, 0.25) is 0 Å². The number of likely N-dealkylation sites (tertiary alicyclic amines) is 1. The number of amides is 1. The summed E-state index contributed by atoms with van der Waals surface area (Å²) in [5.41, 5.74) is 0. The van der Waals surface area contributed by atoms with Gasteiger partial charge in [0.25, 0.3) is 0 Å². The standard InChI is InChI=1S/C9H10F3NO5S/c10-9(11,12)8(16)13-2-4-1-5(7(14)15)19(17,18)6(4)3-13/h4-6H,1-3H2,(H,14,15)/t4-,5?,6+/m0/s1. The third-order valence-electron chi connectivity index (χ3n) is 3.52. The molecule has 19 heavy (non-hydrogen) atoms. The van der Waals surface area contributed by atoms with Crippen LogP contribution in [0.25, 0.3) is 0 Å². The molecule has 0 spiro atoms. The third kappa shape index (κ3) is 2.17. The molecule has 0 saturated carbocycles. The van der Waals surface area contributed by atoms with Crippen molar-refractivity contribution in [3.63, 3.8) is 0 Å². The fourth-order valence-electron chi connectivity index (χ4n) is 2.65. The van der Waals surface area contributed by atoms with Gasteiger partial charge in [0.1, 0.15) is 0 Å². The molecule has 108 valence electrons. The summed E-state index contributed by atoms with van der Waals surface area (Å²) >= 11 is 0. The largest absolute Gasteiger partial charge is 0.480 e. The normalized spacial score (nSPS) is 33.2. The quantitative estimate of drug-likeness (QED) is 0.714. The van der Waals surface area contributed by atoms with Crippen molar-refractivity contribution in [3.8, 4) is 0 Å². The minimum atomic E-state index is -5.05. The van der Waals surface area contributed by atoms with E-state index in [0.717, 1.165) is 0 Å². The van der Waals surface area contributed by atoms with Gasteiger partial charge in [-0.05, 0) is 12.3 Å². The molecule has 1 amide bonds. The van der Waals surface area contributed by atoms with Crippen molar-refractivity contribution in [2.45, 2.75) is 23.1 Å². The van der Waals surface area contributed by atoms with Crippen molar-refractivity contribution >= 4 is 21.7 Å². The van der Waals surface area contributed by atoms with Gasteiger partial charge in [0.15, 0.2) is 15.1 Å². The molecular weight excluding hydrogens is 291 g/mol. The van der Waals surface area contributed by atoms with Crippen LogP contribution in [0.1, 0.15) is 6.42 Å². The molecule has 2 rings (SSSR count). The third-order valence-corrected chi connectivity index (χ3v) is 6.09. The van der Waals surface area contributed by atoms with Crippen LogP contribution in [0.5, 0.6) is 0 Å². The van der Waals surface area contributed by atoms with Crippen LogP contribution < -0.4 is 0 Å². The Labute approximate surface area is 106 Å². The van der Waals surface area contributed by atoms with Crippen molar-refractivity contribution in [2.75, 3.05) is 13.1 Å². The Kier molecular flexibility index (Phi) is 3.03. The van der Waals surface area contributed by atoms with E-state index in [4.69, 9.17) is 5.11 Å². The lowest BCUT2D eigenvalue weighted by molar-refractivity contribution is -0.184. The zero-order valence-corrected chi connectivity index (χ0v) is 10.2. The van der Waals surface area contributed by atoms with Crippen molar-refractivity contribution in [1.29, 1.82) is 0 Å². The Balaban J connectivity index is 2.19. The summed E-state index contributed by atoms with van der Waals surface area (Å²) in [5, 5.41) is 5.98. The molecule has 3 atom stereocenters. The summed E-state index contributed by atoms with van der Waals surface area (Å²) in [6.07, 6.45) is -5.29. The maximum Gasteiger partial charge on any atom is 0.471 e. The molecule has 2 heterocycles. The van der Waals surface area contributed by atoms with Crippen LogP contribution in [-0.2, 0) is 19.4 Å². The van der Waals surface area contributed by atoms with E-state index in [1.54, 1.807) is 0 Å². The van der Waals surface area contributed by atoms with E-state index in [1.165, 1.54) is 0 Å². The lowest BCUT2D eigenvalue weighted by Gasteiger charge is -2.19. The second-order valence-electron chi connectivity index (χ2n) is 4.66. The number of nitrogens with zero attached hydrogens (tertiary/aromatic N) is 1. The van der Waals surface area contributed by atoms with Gasteiger partial charge in [-0.3, -0.25) is 9.59 Å². The first kappa shape index (κ1) is 14.1. The van der Waals surface area contributed by atoms with Crippen LogP contribution in [0.3, 0.4) is 0 Å². The molecule has 2 aliphatic rings. The van der Waals surface area contributed by atoms with Gasteiger partial charge in [-0.25, -0.2) is 8.42 Å². The summed E-state index contributed by atoms with van der Waals surface area (Å²) in [7, 11) is -4.04. The molecular formula is C9H10F3NO5S. The number of hydrogen-bond acceptors (Lipinski definition) is 4. The fourth-order valence-corrected chi connectivity index (χ4v) is 4.99. The SMILES string of the molecule is O=C(O)C1C[C@H]2CN(C(=O)C(F)(F)F)C[C@H]2S1(=O)=O. The summed E-state index contributed by atoms with van der Waals surface area (Å²) in [6.45, 7) is -0.957. The Morgan fingerprint density at radius 1 is 1.21 bits per heavy atom. The average molecular weight is 301 g/mol. The lowest BCUT2D eigenvalue weighted by atomic mass is 10.0. The highest BCUT2D eigenvalue weighted by atomic mass is 32.2. The smallest absolute Gasteiger partial charge is 0.471 e. The number of carbonyl (C=O) groups is 2. The second-order valence-corrected chi connectivity index (χ2v) is 7.01. The molecule has 0 aromatic heterocycles. The molecule has 0 bridgehead atoms. The number of sulfone groups is 1. The summed E-state index contributed by atoms with van der Waals surface area (Å²) in [5.74, 6) is -4.32. The van der Waals surface area contributed by atoms with E-state index < -0.39 is 50.9 Å². The monoisotopic (exact) mass is 301 g/mol. The van der Waals surface area contributed by atoms with E-state index >= 15 is 0 Å². The Bertz CT molecular complexity index is 528. The number of hydrogen-bond donors (Lipinski definition) is 1. The number of rotatable bonds is 1. The first-order chi connectivity index (χ1) is 8.55. The molecule has 1 unspecified atom stereocenters. The number of carbonyl (C=O) groups excluding carboxylic acids is 1. The molecule has 6 nitrogen and oxygen atoms in total. The van der Waals surface area contributed by atoms with Gasteiger partial charge >= 0.3 is 18.1 Å². The van der Waals surface area contributed by atoms with Gasteiger partial charge in [0.05, 0.1) is 5.25 Å². The molecule has 10 heteroatoms. The van der Waals surface area contributed by atoms with Gasteiger partial charge in [0, 0.05) is 13.1 Å². The van der Waals surface area contributed by atoms with E-state index in [1.807, 2.05) is 0 Å². The Morgan fingerprint density at radius 2 is 1.79 bits per heavy atom. The molecule has 2 fully saturated rings. The van der Waals surface area contributed by atoms with E-state index in [9.17, 15) is 31.2 Å². The zero-order valence-electron chi connectivity index (χ0n) is 9.42.